The summed E-state index contributed by atoms with van der Waals surface area (Å²) < 4.78 is 2.30. The molecule has 5 heteroatoms. The molecule has 1 aliphatic rings. The van der Waals surface area contributed by atoms with E-state index in [2.05, 4.69) is 57.4 Å². The number of nitrogens with one attached hydrogen (secondary N) is 1. The van der Waals surface area contributed by atoms with Gasteiger partial charge in [0.25, 0.3) is 0 Å². The molecule has 0 spiro atoms. The Hall–Kier alpha value is -2.30. The van der Waals surface area contributed by atoms with Crippen LogP contribution < -0.4 is 5.32 Å². The molecule has 4 rings (SSSR count). The van der Waals surface area contributed by atoms with Crippen LogP contribution in [0.5, 0.6) is 0 Å². The zero-order chi connectivity index (χ0) is 17.9. The van der Waals surface area contributed by atoms with Gasteiger partial charge in [-0.2, -0.15) is 0 Å². The molecule has 1 N–H and O–H groups in total. The van der Waals surface area contributed by atoms with Gasteiger partial charge in [0, 0.05) is 36.5 Å². The fourth-order valence-electron chi connectivity index (χ4n) is 3.47. The number of aromatic nitrogens is 1. The Bertz CT molecular complexity index is 889. The zero-order valence-electron chi connectivity index (χ0n) is 14.3. The van der Waals surface area contributed by atoms with Gasteiger partial charge in [0.2, 0.25) is 0 Å². The van der Waals surface area contributed by atoms with Crippen LogP contribution in [0, 0.1) is 0 Å². The van der Waals surface area contributed by atoms with Gasteiger partial charge in [-0.3, -0.25) is 0 Å². The van der Waals surface area contributed by atoms with Crippen LogP contribution in [-0.4, -0.2) is 21.1 Å². The quantitative estimate of drug-likeness (QED) is 0.668. The summed E-state index contributed by atoms with van der Waals surface area (Å²) in [5.74, 6) is 0. The SMILES string of the molecule is S=C(NCc1ccccc1)N1CCn2cccc2[C@H]1c1ccc(Cl)cc1. The number of thiocarbonyl (C=S) groups is 1. The summed E-state index contributed by atoms with van der Waals surface area (Å²) in [6.07, 6.45) is 2.13. The summed E-state index contributed by atoms with van der Waals surface area (Å²) in [6, 6.07) is 22.7. The van der Waals surface area contributed by atoms with E-state index >= 15 is 0 Å². The first-order valence-electron chi connectivity index (χ1n) is 8.71. The maximum atomic E-state index is 6.09. The van der Waals surface area contributed by atoms with Crippen molar-refractivity contribution in [2.75, 3.05) is 6.54 Å². The number of halogens is 1. The summed E-state index contributed by atoms with van der Waals surface area (Å²) in [4.78, 5) is 2.27. The highest BCUT2D eigenvalue weighted by Crippen LogP contribution is 2.33. The van der Waals surface area contributed by atoms with Crippen LogP contribution in [0.15, 0.2) is 72.9 Å². The molecule has 26 heavy (non-hydrogen) atoms. The second-order valence-corrected chi connectivity index (χ2v) is 7.24. The molecule has 0 fully saturated rings. The van der Waals surface area contributed by atoms with Gasteiger partial charge in [-0.05, 0) is 47.6 Å². The molecule has 3 aromatic rings. The Morgan fingerprint density at radius 1 is 1.00 bits per heavy atom. The van der Waals surface area contributed by atoms with E-state index < -0.39 is 0 Å². The molecule has 1 atom stereocenters. The van der Waals surface area contributed by atoms with Crippen LogP contribution in [0.3, 0.4) is 0 Å². The van der Waals surface area contributed by atoms with Crippen molar-refractivity contribution < 1.29 is 0 Å². The fraction of sp³-hybridized carbons (Fsp3) is 0.190. The van der Waals surface area contributed by atoms with Crippen LogP contribution in [0.25, 0.3) is 0 Å². The van der Waals surface area contributed by atoms with Gasteiger partial charge in [-0.1, -0.05) is 54.1 Å². The lowest BCUT2D eigenvalue weighted by Crippen LogP contribution is -2.46. The third-order valence-electron chi connectivity index (χ3n) is 4.77. The van der Waals surface area contributed by atoms with Gasteiger partial charge in [0.15, 0.2) is 5.11 Å². The van der Waals surface area contributed by atoms with Crippen LogP contribution in [0.4, 0.5) is 0 Å². The second-order valence-electron chi connectivity index (χ2n) is 6.42. The minimum absolute atomic E-state index is 0.0896. The Labute approximate surface area is 164 Å². The first kappa shape index (κ1) is 17.1. The Balaban J connectivity index is 1.59. The monoisotopic (exact) mass is 381 g/mol. The highest BCUT2D eigenvalue weighted by Gasteiger charge is 2.30. The number of benzene rings is 2. The molecule has 3 nitrogen and oxygen atoms in total. The van der Waals surface area contributed by atoms with Gasteiger partial charge in [0.05, 0.1) is 6.04 Å². The van der Waals surface area contributed by atoms with E-state index in [0.717, 1.165) is 29.8 Å². The van der Waals surface area contributed by atoms with Crippen LogP contribution >= 0.6 is 23.8 Å². The van der Waals surface area contributed by atoms with Gasteiger partial charge in [0.1, 0.15) is 0 Å². The molecule has 2 heterocycles. The summed E-state index contributed by atoms with van der Waals surface area (Å²) in [6.45, 7) is 2.53. The van der Waals surface area contributed by atoms with Crippen molar-refractivity contribution in [1.82, 2.24) is 14.8 Å². The maximum Gasteiger partial charge on any atom is 0.170 e. The molecular weight excluding hydrogens is 362 g/mol. The largest absolute Gasteiger partial charge is 0.358 e. The predicted molar refractivity (Wildman–Crippen MR) is 110 cm³/mol. The van der Waals surface area contributed by atoms with E-state index in [-0.39, 0.29) is 6.04 Å². The molecule has 2 aromatic carbocycles. The van der Waals surface area contributed by atoms with Crippen molar-refractivity contribution in [1.29, 1.82) is 0 Å². The summed E-state index contributed by atoms with van der Waals surface area (Å²) in [5, 5.41) is 4.95. The standard InChI is InChI=1S/C21H20ClN3S/c22-18-10-8-17(9-11-18)20-19-7-4-12-24(19)13-14-25(20)21(26)23-15-16-5-2-1-3-6-16/h1-12,20H,13-15H2,(H,23,26)/t20-/m1/s1. The van der Waals surface area contributed by atoms with E-state index in [4.69, 9.17) is 23.8 Å². The van der Waals surface area contributed by atoms with Crippen LogP contribution in [-0.2, 0) is 13.1 Å². The average Bonchev–Trinajstić information content (AvgIpc) is 3.16. The second kappa shape index (κ2) is 7.52. The Kier molecular flexibility index (Phi) is 4.96. The number of hydrogen-bond donors (Lipinski definition) is 1. The van der Waals surface area contributed by atoms with Gasteiger partial charge < -0.3 is 14.8 Å². The van der Waals surface area contributed by atoms with Gasteiger partial charge in [-0.15, -0.1) is 0 Å². The van der Waals surface area contributed by atoms with E-state index in [9.17, 15) is 0 Å². The molecule has 132 valence electrons. The predicted octanol–water partition coefficient (Wildman–Crippen LogP) is 4.62. The summed E-state index contributed by atoms with van der Waals surface area (Å²) >= 11 is 11.8. The molecular formula is C21H20ClN3S. The van der Waals surface area contributed by atoms with Crippen molar-refractivity contribution in [3.63, 3.8) is 0 Å². The number of fused-ring (bicyclic) bond motifs is 1. The molecule has 0 amide bonds. The molecule has 0 unspecified atom stereocenters. The first-order chi connectivity index (χ1) is 12.7. The molecule has 0 radical (unpaired) electrons. The normalized spacial score (nSPS) is 16.2. The molecule has 0 aliphatic carbocycles. The lowest BCUT2D eigenvalue weighted by atomic mass is 10.0. The van der Waals surface area contributed by atoms with E-state index in [1.807, 2.05) is 30.3 Å². The van der Waals surface area contributed by atoms with Crippen molar-refractivity contribution in [2.24, 2.45) is 0 Å². The Morgan fingerprint density at radius 2 is 1.77 bits per heavy atom. The molecule has 0 bridgehead atoms. The summed E-state index contributed by atoms with van der Waals surface area (Å²) in [5.41, 5.74) is 3.67. The third kappa shape index (κ3) is 3.48. The number of rotatable bonds is 3. The molecule has 1 aliphatic heterocycles. The lowest BCUT2D eigenvalue weighted by Gasteiger charge is -2.39. The molecule has 0 saturated carbocycles. The Morgan fingerprint density at radius 3 is 2.54 bits per heavy atom. The lowest BCUT2D eigenvalue weighted by molar-refractivity contribution is 0.286. The first-order valence-corrected chi connectivity index (χ1v) is 9.50. The molecule has 0 saturated heterocycles. The fourth-order valence-corrected chi connectivity index (χ4v) is 3.87. The summed E-state index contributed by atoms with van der Waals surface area (Å²) in [7, 11) is 0. The molecule has 1 aromatic heterocycles. The van der Waals surface area contributed by atoms with Crippen molar-refractivity contribution in [3.05, 3.63) is 94.8 Å². The van der Waals surface area contributed by atoms with Gasteiger partial charge >= 0.3 is 0 Å². The van der Waals surface area contributed by atoms with E-state index in [1.165, 1.54) is 16.8 Å². The highest BCUT2D eigenvalue weighted by atomic mass is 35.5. The third-order valence-corrected chi connectivity index (χ3v) is 5.40. The highest BCUT2D eigenvalue weighted by molar-refractivity contribution is 7.80. The number of hydrogen-bond acceptors (Lipinski definition) is 1. The van der Waals surface area contributed by atoms with Crippen LogP contribution in [0.1, 0.15) is 22.9 Å². The van der Waals surface area contributed by atoms with Crippen molar-refractivity contribution in [3.8, 4) is 0 Å². The van der Waals surface area contributed by atoms with E-state index in [0.29, 0.717) is 0 Å². The maximum absolute atomic E-state index is 6.09. The van der Waals surface area contributed by atoms with Crippen molar-refractivity contribution in [2.45, 2.75) is 19.1 Å². The zero-order valence-corrected chi connectivity index (χ0v) is 15.9. The number of nitrogens with zero attached hydrogens (tertiary/aromatic N) is 2. The smallest absolute Gasteiger partial charge is 0.170 e. The van der Waals surface area contributed by atoms with E-state index in [1.54, 1.807) is 0 Å². The average molecular weight is 382 g/mol. The van der Waals surface area contributed by atoms with Crippen LogP contribution in [0.2, 0.25) is 5.02 Å². The van der Waals surface area contributed by atoms with Crippen molar-refractivity contribution >= 4 is 28.9 Å². The minimum Gasteiger partial charge on any atom is -0.358 e. The van der Waals surface area contributed by atoms with Gasteiger partial charge in [-0.25, -0.2) is 0 Å². The topological polar surface area (TPSA) is 20.2 Å². The minimum atomic E-state index is 0.0896.